The maximum atomic E-state index is 12.1. The Labute approximate surface area is 186 Å². The van der Waals surface area contributed by atoms with Crippen LogP contribution in [0.3, 0.4) is 0 Å². The lowest BCUT2D eigenvalue weighted by Gasteiger charge is -2.10. The van der Waals surface area contributed by atoms with Crippen molar-refractivity contribution < 1.29 is 17.9 Å². The number of anilines is 4. The van der Waals surface area contributed by atoms with Crippen molar-refractivity contribution in [2.45, 2.75) is 4.90 Å². The third-order valence-corrected chi connectivity index (χ3v) is 5.78. The van der Waals surface area contributed by atoms with Crippen molar-refractivity contribution in [3.05, 3.63) is 66.5 Å². The van der Waals surface area contributed by atoms with Gasteiger partial charge in [-0.15, -0.1) is 0 Å². The van der Waals surface area contributed by atoms with Gasteiger partial charge in [0.15, 0.2) is 0 Å². The number of methoxy groups -OCH3 is 1. The highest BCUT2D eigenvalue weighted by molar-refractivity contribution is 7.89. The number of hydrogen-bond acceptors (Lipinski definition) is 8. The summed E-state index contributed by atoms with van der Waals surface area (Å²) in [5.74, 6) is 0.832. The van der Waals surface area contributed by atoms with E-state index in [-0.39, 0.29) is 10.8 Å². The van der Waals surface area contributed by atoms with E-state index in [9.17, 15) is 13.2 Å². The molecule has 0 saturated heterocycles. The van der Waals surface area contributed by atoms with Crippen LogP contribution in [0.15, 0.2) is 65.8 Å². The lowest BCUT2D eigenvalue weighted by Crippen LogP contribution is -2.26. The Kier molecular flexibility index (Phi) is 7.71. The minimum absolute atomic E-state index is 0.142. The summed E-state index contributed by atoms with van der Waals surface area (Å²) in [7, 11) is -0.613. The first-order valence-corrected chi connectivity index (χ1v) is 11.2. The first-order valence-electron chi connectivity index (χ1n) is 9.68. The Morgan fingerprint density at radius 1 is 0.969 bits per heavy atom. The van der Waals surface area contributed by atoms with Gasteiger partial charge in [-0.1, -0.05) is 6.07 Å². The van der Waals surface area contributed by atoms with E-state index in [1.807, 2.05) is 0 Å². The maximum absolute atomic E-state index is 12.1. The van der Waals surface area contributed by atoms with E-state index in [4.69, 9.17) is 4.74 Å². The fraction of sp³-hybridized carbons (Fsp3) is 0.190. The molecule has 0 atom stereocenters. The molecule has 0 saturated carbocycles. The second kappa shape index (κ2) is 10.7. The van der Waals surface area contributed by atoms with Crippen LogP contribution in [0.1, 0.15) is 10.4 Å². The summed E-state index contributed by atoms with van der Waals surface area (Å²) in [4.78, 5) is 20.6. The Morgan fingerprint density at radius 3 is 2.31 bits per heavy atom. The highest BCUT2D eigenvalue weighted by Crippen LogP contribution is 2.21. The molecular formula is C21H24N6O4S. The zero-order chi connectivity index (χ0) is 23.0. The zero-order valence-corrected chi connectivity index (χ0v) is 18.4. The summed E-state index contributed by atoms with van der Waals surface area (Å²) in [5, 5.41) is 8.97. The van der Waals surface area contributed by atoms with Crippen molar-refractivity contribution in [2.75, 3.05) is 37.9 Å². The van der Waals surface area contributed by atoms with Crippen LogP contribution in [0.4, 0.5) is 23.0 Å². The minimum Gasteiger partial charge on any atom is -0.383 e. The van der Waals surface area contributed by atoms with Crippen LogP contribution < -0.4 is 20.7 Å². The number of hydrogen-bond donors (Lipinski definition) is 4. The number of nitrogens with one attached hydrogen (secondary N) is 4. The number of carbonyl (C=O) groups is 1. The summed E-state index contributed by atoms with van der Waals surface area (Å²) >= 11 is 0. The van der Waals surface area contributed by atoms with Gasteiger partial charge in [-0.25, -0.2) is 23.1 Å². The van der Waals surface area contributed by atoms with Crippen LogP contribution in [0.2, 0.25) is 0 Å². The van der Waals surface area contributed by atoms with E-state index < -0.39 is 10.0 Å². The summed E-state index contributed by atoms with van der Waals surface area (Å²) in [6, 6.07) is 15.0. The molecule has 3 aromatic rings. The van der Waals surface area contributed by atoms with Gasteiger partial charge < -0.3 is 20.7 Å². The molecule has 0 radical (unpaired) electrons. The molecule has 0 unspecified atom stereocenters. The summed E-state index contributed by atoms with van der Waals surface area (Å²) in [6.07, 6.45) is 1.39. The second-order valence-electron chi connectivity index (χ2n) is 6.60. The first-order chi connectivity index (χ1) is 15.4. The maximum Gasteiger partial charge on any atom is 0.251 e. The van der Waals surface area contributed by atoms with Gasteiger partial charge in [-0.3, -0.25) is 4.79 Å². The average Bonchev–Trinajstić information content (AvgIpc) is 2.80. The molecular weight excluding hydrogens is 432 g/mol. The van der Waals surface area contributed by atoms with Gasteiger partial charge in [0.05, 0.1) is 11.5 Å². The monoisotopic (exact) mass is 456 g/mol. The molecule has 2 aromatic carbocycles. The highest BCUT2D eigenvalue weighted by atomic mass is 32.2. The lowest BCUT2D eigenvalue weighted by atomic mass is 10.2. The molecule has 0 spiro atoms. The van der Waals surface area contributed by atoms with Crippen LogP contribution in [-0.2, 0) is 14.8 Å². The molecule has 1 heterocycles. The third-order valence-electron chi connectivity index (χ3n) is 4.36. The van der Waals surface area contributed by atoms with Crippen LogP contribution >= 0.6 is 0 Å². The average molecular weight is 457 g/mol. The number of amides is 1. The Hall–Kier alpha value is -3.54. The quantitative estimate of drug-likeness (QED) is 0.341. The predicted molar refractivity (Wildman–Crippen MR) is 122 cm³/mol. The van der Waals surface area contributed by atoms with Crippen LogP contribution in [0, 0.1) is 0 Å². The predicted octanol–water partition coefficient (Wildman–Crippen LogP) is 2.25. The zero-order valence-electron chi connectivity index (χ0n) is 17.6. The molecule has 10 nitrogen and oxygen atoms in total. The van der Waals surface area contributed by atoms with E-state index in [1.165, 1.54) is 25.5 Å². The fourth-order valence-electron chi connectivity index (χ4n) is 2.72. The largest absolute Gasteiger partial charge is 0.383 e. The van der Waals surface area contributed by atoms with Crippen molar-refractivity contribution in [1.29, 1.82) is 0 Å². The molecule has 3 rings (SSSR count). The van der Waals surface area contributed by atoms with Crippen molar-refractivity contribution in [3.8, 4) is 0 Å². The number of nitrogens with zero attached hydrogens (tertiary/aromatic N) is 2. The molecule has 11 heteroatoms. The molecule has 4 N–H and O–H groups in total. The minimum atomic E-state index is -3.55. The Balaban J connectivity index is 1.67. The van der Waals surface area contributed by atoms with E-state index in [0.717, 1.165) is 5.69 Å². The second-order valence-corrected chi connectivity index (χ2v) is 8.49. The summed E-state index contributed by atoms with van der Waals surface area (Å²) in [5.41, 5.74) is 1.84. The SMILES string of the molecule is CNS(=O)(=O)c1cccc(Nc2cc(Nc3ccc(C(=O)NCCOC)cc3)ncn2)c1. The summed E-state index contributed by atoms with van der Waals surface area (Å²) < 4.78 is 31.2. The molecule has 1 amide bonds. The van der Waals surface area contributed by atoms with Crippen molar-refractivity contribution in [3.63, 3.8) is 0 Å². The number of rotatable bonds is 10. The topological polar surface area (TPSA) is 134 Å². The molecule has 0 aliphatic rings. The standard InChI is InChI=1S/C21H24N6O4S/c1-22-32(29,30)18-5-3-4-17(12-18)27-20-13-19(24-14-25-20)26-16-8-6-15(7-9-16)21(28)23-10-11-31-2/h3-9,12-14,22H,10-11H2,1-2H3,(H,23,28)(H2,24,25,26,27). The Morgan fingerprint density at radius 2 is 1.66 bits per heavy atom. The normalized spacial score (nSPS) is 11.1. The molecule has 0 aliphatic carbocycles. The van der Waals surface area contributed by atoms with Gasteiger partial charge in [0.1, 0.15) is 18.0 Å². The Bertz CT molecular complexity index is 1170. The number of aromatic nitrogens is 2. The number of ether oxygens (including phenoxy) is 1. The lowest BCUT2D eigenvalue weighted by molar-refractivity contribution is 0.0937. The number of sulfonamides is 1. The molecule has 0 aliphatic heterocycles. The molecule has 0 bridgehead atoms. The van der Waals surface area contributed by atoms with Gasteiger partial charge in [0, 0.05) is 36.7 Å². The van der Waals surface area contributed by atoms with E-state index in [0.29, 0.717) is 36.0 Å². The third kappa shape index (κ3) is 6.23. The number of benzene rings is 2. The van der Waals surface area contributed by atoms with Gasteiger partial charge in [0.2, 0.25) is 10.0 Å². The van der Waals surface area contributed by atoms with Gasteiger partial charge in [-0.05, 0) is 49.5 Å². The molecule has 168 valence electrons. The molecule has 1 aromatic heterocycles. The van der Waals surface area contributed by atoms with E-state index in [1.54, 1.807) is 49.6 Å². The van der Waals surface area contributed by atoms with Crippen LogP contribution in [-0.4, -0.2) is 51.6 Å². The van der Waals surface area contributed by atoms with Crippen molar-refractivity contribution in [2.24, 2.45) is 0 Å². The van der Waals surface area contributed by atoms with E-state index in [2.05, 4.69) is 30.6 Å². The van der Waals surface area contributed by atoms with Crippen molar-refractivity contribution in [1.82, 2.24) is 20.0 Å². The van der Waals surface area contributed by atoms with Crippen molar-refractivity contribution >= 4 is 38.9 Å². The highest BCUT2D eigenvalue weighted by Gasteiger charge is 2.12. The molecule has 0 fully saturated rings. The van der Waals surface area contributed by atoms with Crippen LogP contribution in [0.5, 0.6) is 0 Å². The number of carbonyl (C=O) groups excluding carboxylic acids is 1. The van der Waals surface area contributed by atoms with Crippen LogP contribution in [0.25, 0.3) is 0 Å². The molecule has 32 heavy (non-hydrogen) atoms. The van der Waals surface area contributed by atoms with Gasteiger partial charge in [-0.2, -0.15) is 0 Å². The van der Waals surface area contributed by atoms with E-state index >= 15 is 0 Å². The smallest absolute Gasteiger partial charge is 0.251 e. The van der Waals surface area contributed by atoms with Gasteiger partial charge >= 0.3 is 0 Å². The fourth-order valence-corrected chi connectivity index (χ4v) is 3.50. The first kappa shape index (κ1) is 23.1. The van der Waals surface area contributed by atoms with Gasteiger partial charge in [0.25, 0.3) is 5.91 Å². The summed E-state index contributed by atoms with van der Waals surface area (Å²) in [6.45, 7) is 0.890.